The van der Waals surface area contributed by atoms with Crippen LogP contribution in [0.25, 0.3) is 0 Å². The molecular weight excluding hydrogens is 431 g/mol. The minimum Gasteiger partial charge on any atom is -0.417 e. The summed E-state index contributed by atoms with van der Waals surface area (Å²) in [6, 6.07) is 2.96. The second kappa shape index (κ2) is 12.1. The lowest BCUT2D eigenvalue weighted by Crippen LogP contribution is -2.61. The van der Waals surface area contributed by atoms with Crippen molar-refractivity contribution >= 4 is 39.7 Å². The van der Waals surface area contributed by atoms with Gasteiger partial charge in [0.25, 0.3) is 0 Å². The van der Waals surface area contributed by atoms with Crippen LogP contribution in [0.4, 0.5) is 0 Å². The normalized spacial score (nSPS) is 13.4. The molecule has 0 aromatic heterocycles. The highest BCUT2D eigenvalue weighted by molar-refractivity contribution is 6.90. The van der Waals surface area contributed by atoms with E-state index in [9.17, 15) is 4.79 Å². The molecule has 5 nitrogen and oxygen atoms in total. The van der Waals surface area contributed by atoms with Gasteiger partial charge in [0.2, 0.25) is 5.91 Å². The number of rotatable bonds is 15. The Hall–Kier alpha value is -0.0425. The van der Waals surface area contributed by atoms with Crippen molar-refractivity contribution in [2.75, 3.05) is 6.54 Å². The lowest BCUT2D eigenvalue weighted by molar-refractivity contribution is -0.117. The van der Waals surface area contributed by atoms with E-state index < -0.39 is 33.8 Å². The Labute approximate surface area is 184 Å². The third kappa shape index (κ3) is 13.1. The largest absolute Gasteiger partial charge is 0.469 e. The molecular formula is C20H47NO4Si4. The summed E-state index contributed by atoms with van der Waals surface area (Å²) in [5.41, 5.74) is 0.535. The number of carbonyl (C=O) groups is 1. The first-order valence-electron chi connectivity index (χ1n) is 11.1. The molecule has 0 unspecified atom stereocenters. The molecule has 0 heterocycles. The molecule has 0 spiro atoms. The zero-order valence-corrected chi connectivity index (χ0v) is 24.8. The van der Waals surface area contributed by atoms with Gasteiger partial charge in [0.1, 0.15) is 0 Å². The first-order valence-corrected chi connectivity index (χ1v) is 22.7. The second-order valence-electron chi connectivity index (χ2n) is 10.3. The van der Waals surface area contributed by atoms with Gasteiger partial charge in [-0.25, -0.2) is 0 Å². The SMILES string of the molecule is C=C(C)C(=O)NCCC[Si](O[Si](C)(C)C)(O[Si](C)(C)CCC)O[Si](C)(C)CCC. The van der Waals surface area contributed by atoms with Crippen LogP contribution in [-0.4, -0.2) is 46.2 Å². The summed E-state index contributed by atoms with van der Waals surface area (Å²) in [6.07, 6.45) is 3.02. The summed E-state index contributed by atoms with van der Waals surface area (Å²) in [5.74, 6) is -0.0911. The van der Waals surface area contributed by atoms with Gasteiger partial charge in [-0.15, -0.1) is 0 Å². The van der Waals surface area contributed by atoms with E-state index in [1.54, 1.807) is 6.92 Å². The molecule has 0 bridgehead atoms. The van der Waals surface area contributed by atoms with Crippen LogP contribution >= 0.6 is 0 Å². The van der Waals surface area contributed by atoms with E-state index in [-0.39, 0.29) is 5.91 Å². The Morgan fingerprint density at radius 3 is 1.62 bits per heavy atom. The first-order chi connectivity index (χ1) is 13.1. The van der Waals surface area contributed by atoms with E-state index in [2.05, 4.69) is 71.6 Å². The van der Waals surface area contributed by atoms with Crippen LogP contribution in [0.15, 0.2) is 12.2 Å². The van der Waals surface area contributed by atoms with E-state index in [1.807, 2.05) is 0 Å². The molecule has 0 aromatic rings. The molecule has 0 saturated heterocycles. The van der Waals surface area contributed by atoms with Gasteiger partial charge in [-0.2, -0.15) is 0 Å². The lowest BCUT2D eigenvalue weighted by atomic mass is 10.3. The molecule has 0 aliphatic heterocycles. The van der Waals surface area contributed by atoms with Gasteiger partial charge < -0.3 is 17.7 Å². The van der Waals surface area contributed by atoms with Crippen LogP contribution in [0.1, 0.15) is 40.0 Å². The highest BCUT2D eigenvalue weighted by Crippen LogP contribution is 2.32. The first kappa shape index (κ1) is 29.0. The third-order valence-corrected chi connectivity index (χ3v) is 19.3. The fourth-order valence-corrected chi connectivity index (χ4v) is 20.6. The zero-order valence-electron chi connectivity index (χ0n) is 20.8. The predicted octanol–water partition coefficient (Wildman–Crippen LogP) is 6.12. The minimum absolute atomic E-state index is 0.0911. The summed E-state index contributed by atoms with van der Waals surface area (Å²) in [4.78, 5) is 11.9. The van der Waals surface area contributed by atoms with Gasteiger partial charge in [0, 0.05) is 18.2 Å². The predicted molar refractivity (Wildman–Crippen MR) is 135 cm³/mol. The fraction of sp³-hybridized carbons (Fsp3) is 0.850. The number of carbonyl (C=O) groups excluding carboxylic acids is 1. The Balaban J connectivity index is 5.69. The van der Waals surface area contributed by atoms with Crippen molar-refractivity contribution in [1.82, 2.24) is 5.32 Å². The topological polar surface area (TPSA) is 56.8 Å². The van der Waals surface area contributed by atoms with E-state index in [1.165, 1.54) is 0 Å². The zero-order chi connectivity index (χ0) is 22.9. The van der Waals surface area contributed by atoms with E-state index in [0.717, 1.165) is 37.4 Å². The average Bonchev–Trinajstić information content (AvgIpc) is 2.47. The molecule has 172 valence electrons. The van der Waals surface area contributed by atoms with E-state index >= 15 is 0 Å². The van der Waals surface area contributed by atoms with Crippen LogP contribution < -0.4 is 5.32 Å². The summed E-state index contributed by atoms with van der Waals surface area (Å²) < 4.78 is 20.7. The van der Waals surface area contributed by atoms with Gasteiger partial charge in [-0.05, 0) is 71.3 Å². The van der Waals surface area contributed by atoms with Crippen molar-refractivity contribution in [2.24, 2.45) is 0 Å². The molecule has 0 rings (SSSR count). The van der Waals surface area contributed by atoms with Crippen molar-refractivity contribution in [3.8, 4) is 0 Å². The maximum absolute atomic E-state index is 11.9. The molecule has 0 aromatic carbocycles. The van der Waals surface area contributed by atoms with Gasteiger partial charge in [-0.3, -0.25) is 4.79 Å². The van der Waals surface area contributed by atoms with Crippen LogP contribution in [0.2, 0.25) is 64.0 Å². The van der Waals surface area contributed by atoms with Crippen LogP contribution in [-0.2, 0) is 17.1 Å². The molecule has 1 amide bonds. The second-order valence-corrected chi connectivity index (χ2v) is 26.8. The van der Waals surface area contributed by atoms with Gasteiger partial charge in [-0.1, -0.05) is 33.3 Å². The van der Waals surface area contributed by atoms with Crippen molar-refractivity contribution < 1.29 is 17.1 Å². The Morgan fingerprint density at radius 2 is 1.28 bits per heavy atom. The monoisotopic (exact) mass is 477 g/mol. The molecule has 29 heavy (non-hydrogen) atoms. The quantitative estimate of drug-likeness (QED) is 0.175. The highest BCUT2D eigenvalue weighted by atomic mass is 28.5. The number of hydrogen-bond donors (Lipinski definition) is 1. The maximum atomic E-state index is 11.9. The molecule has 0 aliphatic rings. The molecule has 0 atom stereocenters. The number of nitrogens with one attached hydrogen (secondary N) is 1. The lowest BCUT2D eigenvalue weighted by Gasteiger charge is -2.44. The summed E-state index contributed by atoms with van der Waals surface area (Å²) in [7, 11) is -8.56. The van der Waals surface area contributed by atoms with Gasteiger partial charge in [0.05, 0.1) is 0 Å². The fourth-order valence-electron chi connectivity index (χ4n) is 3.49. The Kier molecular flexibility index (Phi) is 12.1. The van der Waals surface area contributed by atoms with Crippen molar-refractivity contribution in [3.05, 3.63) is 12.2 Å². The molecule has 0 radical (unpaired) electrons. The van der Waals surface area contributed by atoms with Crippen LogP contribution in [0, 0.1) is 0 Å². The van der Waals surface area contributed by atoms with Crippen molar-refractivity contribution in [3.63, 3.8) is 0 Å². The van der Waals surface area contributed by atoms with Gasteiger partial charge in [0.15, 0.2) is 25.0 Å². The smallest absolute Gasteiger partial charge is 0.417 e. The average molecular weight is 478 g/mol. The molecule has 0 saturated carbocycles. The minimum atomic E-state index is -2.86. The molecule has 1 N–H and O–H groups in total. The maximum Gasteiger partial charge on any atom is 0.469 e. The van der Waals surface area contributed by atoms with E-state index in [0.29, 0.717) is 12.1 Å². The third-order valence-electron chi connectivity index (χ3n) is 4.36. The van der Waals surface area contributed by atoms with Crippen molar-refractivity contribution in [2.45, 2.75) is 104 Å². The van der Waals surface area contributed by atoms with Crippen molar-refractivity contribution in [1.29, 1.82) is 0 Å². The summed E-state index contributed by atoms with van der Waals surface area (Å²) in [5, 5.41) is 2.94. The standard InChI is InChI=1S/C20H47NO4Si4/c1-12-16-27(8,9)24-29(23-26(5,6)7,25-28(10,11)17-13-2)18-14-15-21-20(22)19(3)4/h3,12-18H2,1-2,4-11H3,(H,21,22). The number of hydrogen-bond acceptors (Lipinski definition) is 4. The molecule has 0 aliphatic carbocycles. The van der Waals surface area contributed by atoms with Gasteiger partial charge >= 0.3 is 8.80 Å². The Morgan fingerprint density at radius 1 is 0.828 bits per heavy atom. The summed E-state index contributed by atoms with van der Waals surface area (Å²) >= 11 is 0. The summed E-state index contributed by atoms with van der Waals surface area (Å²) in [6.45, 7) is 26.2. The highest BCUT2D eigenvalue weighted by Gasteiger charge is 2.50. The van der Waals surface area contributed by atoms with Crippen LogP contribution in [0.5, 0.6) is 0 Å². The van der Waals surface area contributed by atoms with E-state index in [4.69, 9.17) is 12.3 Å². The Bertz CT molecular complexity index is 513. The number of amides is 1. The van der Waals surface area contributed by atoms with Crippen LogP contribution in [0.3, 0.4) is 0 Å². The molecule has 0 fully saturated rings. The molecule has 9 heteroatoms.